The molecule has 144 valence electrons. The van der Waals surface area contributed by atoms with Crippen LogP contribution in [-0.4, -0.2) is 25.4 Å². The summed E-state index contributed by atoms with van der Waals surface area (Å²) in [7, 11) is 0. The molecule has 1 amide bonds. The van der Waals surface area contributed by atoms with E-state index < -0.39 is 0 Å². The third kappa shape index (κ3) is 4.12. The summed E-state index contributed by atoms with van der Waals surface area (Å²) in [5.74, 6) is 0.327. The van der Waals surface area contributed by atoms with E-state index in [1.165, 1.54) is 4.57 Å². The summed E-state index contributed by atoms with van der Waals surface area (Å²) >= 11 is 5.27. The summed E-state index contributed by atoms with van der Waals surface area (Å²) in [5, 5.41) is 3.28. The normalized spacial score (nSPS) is 10.8. The zero-order valence-electron chi connectivity index (χ0n) is 15.3. The van der Waals surface area contributed by atoms with Gasteiger partial charge < -0.3 is 10.3 Å². The lowest BCUT2D eigenvalue weighted by atomic mass is 10.2. The molecule has 0 fully saturated rings. The quantitative estimate of drug-likeness (QED) is 0.497. The Hall–Kier alpha value is -3.65. The summed E-state index contributed by atoms with van der Waals surface area (Å²) in [6, 6.07) is 16.7. The fourth-order valence-electron chi connectivity index (χ4n) is 2.97. The highest BCUT2D eigenvalue weighted by molar-refractivity contribution is 7.71. The molecule has 0 saturated heterocycles. The van der Waals surface area contributed by atoms with Crippen LogP contribution in [0.5, 0.6) is 0 Å². The number of H-pyrrole nitrogens is 1. The number of rotatable bonds is 5. The molecule has 0 aliphatic rings. The van der Waals surface area contributed by atoms with E-state index in [2.05, 4.69) is 20.3 Å². The number of aromatic nitrogens is 4. The molecular formula is C21H17N5O2S. The number of fused-ring (bicyclic) bond motifs is 1. The van der Waals surface area contributed by atoms with E-state index in [0.29, 0.717) is 22.4 Å². The van der Waals surface area contributed by atoms with Crippen LogP contribution in [0.25, 0.3) is 22.3 Å². The summed E-state index contributed by atoms with van der Waals surface area (Å²) in [5.41, 5.74) is 1.85. The Bertz CT molecular complexity index is 1280. The molecule has 29 heavy (non-hydrogen) atoms. The molecule has 0 radical (unpaired) electrons. The van der Waals surface area contributed by atoms with E-state index in [9.17, 15) is 9.59 Å². The predicted octanol–water partition coefficient (Wildman–Crippen LogP) is 3.54. The molecule has 0 saturated carbocycles. The van der Waals surface area contributed by atoms with Gasteiger partial charge in [-0.3, -0.25) is 14.2 Å². The van der Waals surface area contributed by atoms with Crippen LogP contribution in [0.1, 0.15) is 6.42 Å². The maximum Gasteiger partial charge on any atom is 0.262 e. The monoisotopic (exact) mass is 403 g/mol. The molecular weight excluding hydrogens is 386 g/mol. The number of nitrogens with zero attached hydrogens (tertiary/aromatic N) is 3. The molecule has 0 bridgehead atoms. The van der Waals surface area contributed by atoms with Crippen molar-refractivity contribution in [1.82, 2.24) is 19.5 Å². The van der Waals surface area contributed by atoms with Gasteiger partial charge in [-0.25, -0.2) is 9.97 Å². The summed E-state index contributed by atoms with van der Waals surface area (Å²) in [4.78, 5) is 36.5. The Morgan fingerprint density at radius 1 is 1.03 bits per heavy atom. The molecule has 0 aliphatic carbocycles. The van der Waals surface area contributed by atoms with Crippen LogP contribution in [0.2, 0.25) is 0 Å². The maximum atomic E-state index is 12.6. The van der Waals surface area contributed by atoms with Gasteiger partial charge in [-0.05, 0) is 24.4 Å². The van der Waals surface area contributed by atoms with Crippen molar-refractivity contribution in [3.63, 3.8) is 0 Å². The number of carbonyl (C=O) groups excluding carboxylic acids is 1. The van der Waals surface area contributed by atoms with Crippen molar-refractivity contribution < 1.29 is 4.79 Å². The molecule has 7 nitrogen and oxygen atoms in total. The zero-order valence-corrected chi connectivity index (χ0v) is 16.1. The number of hydrogen-bond acceptors (Lipinski definition) is 5. The van der Waals surface area contributed by atoms with Crippen molar-refractivity contribution in [2.45, 2.75) is 13.0 Å². The molecule has 2 aromatic carbocycles. The number of para-hydroxylation sites is 1. The number of nitrogens with one attached hydrogen (secondary N) is 2. The van der Waals surface area contributed by atoms with Crippen molar-refractivity contribution in [3.05, 3.63) is 82.1 Å². The molecule has 0 atom stereocenters. The first kappa shape index (κ1) is 18.7. The lowest BCUT2D eigenvalue weighted by Crippen LogP contribution is -2.25. The van der Waals surface area contributed by atoms with Crippen LogP contribution < -0.4 is 10.9 Å². The first-order valence-corrected chi connectivity index (χ1v) is 9.42. The maximum absolute atomic E-state index is 12.6. The smallest absolute Gasteiger partial charge is 0.262 e. The van der Waals surface area contributed by atoms with E-state index in [0.717, 1.165) is 5.56 Å². The van der Waals surface area contributed by atoms with Gasteiger partial charge in [0.25, 0.3) is 5.56 Å². The summed E-state index contributed by atoms with van der Waals surface area (Å²) < 4.78 is 1.68. The lowest BCUT2D eigenvalue weighted by molar-refractivity contribution is -0.116. The average Bonchev–Trinajstić information content (AvgIpc) is 2.75. The van der Waals surface area contributed by atoms with Crippen molar-refractivity contribution in [1.29, 1.82) is 0 Å². The lowest BCUT2D eigenvalue weighted by Gasteiger charge is -2.09. The number of aromatic amines is 1. The minimum absolute atomic E-state index is 0.0934. The second kappa shape index (κ2) is 8.15. The van der Waals surface area contributed by atoms with Crippen LogP contribution in [0.3, 0.4) is 0 Å². The van der Waals surface area contributed by atoms with E-state index >= 15 is 0 Å². The van der Waals surface area contributed by atoms with Crippen LogP contribution >= 0.6 is 12.2 Å². The van der Waals surface area contributed by atoms with Crippen molar-refractivity contribution in [2.24, 2.45) is 0 Å². The molecule has 0 spiro atoms. The highest BCUT2D eigenvalue weighted by Gasteiger charge is 2.09. The average molecular weight is 403 g/mol. The van der Waals surface area contributed by atoms with E-state index in [-0.39, 0.29) is 29.2 Å². The van der Waals surface area contributed by atoms with Crippen molar-refractivity contribution >= 4 is 34.7 Å². The number of amides is 1. The van der Waals surface area contributed by atoms with Crippen LogP contribution in [0.4, 0.5) is 5.69 Å². The van der Waals surface area contributed by atoms with Gasteiger partial charge in [0.2, 0.25) is 5.91 Å². The van der Waals surface area contributed by atoms with Crippen molar-refractivity contribution in [2.75, 3.05) is 5.32 Å². The molecule has 2 aromatic heterocycles. The zero-order chi connectivity index (χ0) is 20.2. The Morgan fingerprint density at radius 2 is 1.72 bits per heavy atom. The fourth-order valence-corrected chi connectivity index (χ4v) is 3.25. The predicted molar refractivity (Wildman–Crippen MR) is 114 cm³/mol. The van der Waals surface area contributed by atoms with E-state index in [1.54, 1.807) is 30.6 Å². The van der Waals surface area contributed by atoms with Crippen molar-refractivity contribution in [3.8, 4) is 11.4 Å². The third-order valence-corrected chi connectivity index (χ3v) is 4.74. The number of benzene rings is 2. The molecule has 2 N–H and O–H groups in total. The Balaban J connectivity index is 1.44. The van der Waals surface area contributed by atoms with E-state index in [4.69, 9.17) is 12.2 Å². The Morgan fingerprint density at radius 3 is 2.48 bits per heavy atom. The number of hydrogen-bond donors (Lipinski definition) is 2. The number of anilines is 1. The van der Waals surface area contributed by atoms with Crippen LogP contribution in [0, 0.1) is 4.77 Å². The van der Waals surface area contributed by atoms with Gasteiger partial charge in [-0.2, -0.15) is 0 Å². The first-order valence-electron chi connectivity index (χ1n) is 9.01. The fraction of sp³-hybridized carbons (Fsp3) is 0.0952. The third-order valence-electron chi connectivity index (χ3n) is 4.42. The molecule has 8 heteroatoms. The number of carbonyl (C=O) groups is 1. The highest BCUT2D eigenvalue weighted by atomic mass is 32.1. The SMILES string of the molecule is O=C(CCn1c(=S)[nH]c2ccccc2c1=O)Nc1cnc(-c2ccccc2)nc1. The molecule has 2 heterocycles. The van der Waals surface area contributed by atoms with Gasteiger partial charge in [-0.15, -0.1) is 0 Å². The largest absolute Gasteiger partial charge is 0.332 e. The van der Waals surface area contributed by atoms with Gasteiger partial charge in [-0.1, -0.05) is 42.5 Å². The minimum atomic E-state index is -0.254. The molecule has 0 unspecified atom stereocenters. The van der Waals surface area contributed by atoms with Crippen LogP contribution in [0.15, 0.2) is 71.8 Å². The van der Waals surface area contributed by atoms with Gasteiger partial charge >= 0.3 is 0 Å². The second-order valence-electron chi connectivity index (χ2n) is 6.39. The topological polar surface area (TPSA) is 92.7 Å². The van der Waals surface area contributed by atoms with E-state index in [1.807, 2.05) is 36.4 Å². The minimum Gasteiger partial charge on any atom is -0.332 e. The van der Waals surface area contributed by atoms with Gasteiger partial charge in [0.05, 0.1) is 29.0 Å². The highest BCUT2D eigenvalue weighted by Crippen LogP contribution is 2.15. The summed E-state index contributed by atoms with van der Waals surface area (Å²) in [6.45, 7) is 0.174. The van der Waals surface area contributed by atoms with Gasteiger partial charge in [0, 0.05) is 18.5 Å². The first-order chi connectivity index (χ1) is 14.1. The van der Waals surface area contributed by atoms with Gasteiger partial charge in [0.1, 0.15) is 0 Å². The Kier molecular flexibility index (Phi) is 5.26. The molecule has 4 aromatic rings. The summed E-state index contributed by atoms with van der Waals surface area (Å²) in [6.07, 6.45) is 3.21. The Labute approximate surface area is 171 Å². The molecule has 0 aliphatic heterocycles. The second-order valence-corrected chi connectivity index (χ2v) is 6.78. The van der Waals surface area contributed by atoms with Gasteiger partial charge in [0.15, 0.2) is 10.6 Å². The van der Waals surface area contributed by atoms with Crippen LogP contribution in [-0.2, 0) is 11.3 Å². The standard InChI is InChI=1S/C21H17N5O2S/c27-18(24-15-12-22-19(23-13-15)14-6-2-1-3-7-14)10-11-26-20(28)16-8-4-5-9-17(16)25-21(26)29/h1-9,12-13H,10-11H2,(H,24,27)(H,25,29). The molecule has 4 rings (SSSR count).